The first-order valence-corrected chi connectivity index (χ1v) is 11.7. The minimum absolute atomic E-state index is 0.00537. The van der Waals surface area contributed by atoms with Crippen molar-refractivity contribution in [1.29, 1.82) is 0 Å². The molecule has 5 aromatic rings. The molecule has 0 aliphatic rings. The molecule has 206 valence electrons. The van der Waals surface area contributed by atoms with Crippen molar-refractivity contribution in [2.75, 3.05) is 5.32 Å². The number of aromatic amines is 1. The van der Waals surface area contributed by atoms with Crippen molar-refractivity contribution in [3.05, 3.63) is 80.6 Å². The van der Waals surface area contributed by atoms with Crippen LogP contribution in [0.4, 0.5) is 19.0 Å². The van der Waals surface area contributed by atoms with E-state index in [2.05, 4.69) is 35.4 Å². The number of H-pyrrole nitrogens is 1. The molecule has 0 radical (unpaired) electrons. The van der Waals surface area contributed by atoms with Gasteiger partial charge in [-0.25, -0.2) is 14.8 Å². The molecule has 1 amide bonds. The van der Waals surface area contributed by atoms with Gasteiger partial charge in [0, 0.05) is 17.8 Å². The maximum Gasteiger partial charge on any atom is 0.433 e. The van der Waals surface area contributed by atoms with E-state index in [1.165, 1.54) is 43.2 Å². The highest BCUT2D eigenvalue weighted by molar-refractivity contribution is 5.93. The van der Waals surface area contributed by atoms with Crippen LogP contribution >= 0.6 is 0 Å². The Morgan fingerprint density at radius 2 is 1.93 bits per heavy atom. The van der Waals surface area contributed by atoms with Crippen LogP contribution in [-0.4, -0.2) is 45.1 Å². The predicted octanol–water partition coefficient (Wildman–Crippen LogP) is 2.61. The van der Waals surface area contributed by atoms with Gasteiger partial charge in [0.05, 0.1) is 31.0 Å². The summed E-state index contributed by atoms with van der Waals surface area (Å²) >= 11 is 0. The van der Waals surface area contributed by atoms with Crippen molar-refractivity contribution in [2.45, 2.75) is 39.5 Å². The van der Waals surface area contributed by atoms with E-state index in [-0.39, 0.29) is 40.3 Å². The van der Waals surface area contributed by atoms with Crippen molar-refractivity contribution in [1.82, 2.24) is 39.2 Å². The number of anilines is 1. The van der Waals surface area contributed by atoms with E-state index in [1.807, 2.05) is 0 Å². The number of fused-ring (bicyclic) bond motifs is 1. The molecular formula is C24H20F3N9O4. The predicted molar refractivity (Wildman–Crippen MR) is 133 cm³/mol. The van der Waals surface area contributed by atoms with Gasteiger partial charge < -0.3 is 14.4 Å². The van der Waals surface area contributed by atoms with Gasteiger partial charge in [-0.2, -0.15) is 13.2 Å². The lowest BCUT2D eigenvalue weighted by Crippen LogP contribution is -2.37. The number of nitrogens with one attached hydrogen (secondary N) is 2. The Bertz CT molecular complexity index is 1870. The van der Waals surface area contributed by atoms with Crippen LogP contribution in [0.25, 0.3) is 22.4 Å². The molecule has 2 N–H and O–H groups in total. The number of carbonyl (C=O) groups is 1. The van der Waals surface area contributed by atoms with Crippen molar-refractivity contribution in [2.24, 2.45) is 0 Å². The maximum atomic E-state index is 13.2. The standard InChI is InChI=1S/C24H20F3N9O4/c1-11-4-14(6-29-19(11)24(25,26)27)16-7-28-8-17(31-16)32-21(37)13(3)36-10-30-20-18(36)22(38)35(23(39)33-20)9-15-5-12(2)40-34-15/h4-8,10,13H,9H2,1-3H3,(H,33,39)(H,31,32,37)/t13-/m0/s1. The number of nitrogens with zero attached hydrogens (tertiary/aromatic N) is 7. The van der Waals surface area contributed by atoms with E-state index in [1.54, 1.807) is 13.0 Å². The van der Waals surface area contributed by atoms with Crippen LogP contribution in [0.15, 0.2) is 51.2 Å². The summed E-state index contributed by atoms with van der Waals surface area (Å²) in [4.78, 5) is 57.2. The number of aromatic nitrogens is 8. The fraction of sp³-hybridized carbons (Fsp3) is 0.250. The summed E-state index contributed by atoms with van der Waals surface area (Å²) in [6.45, 7) is 4.30. The largest absolute Gasteiger partial charge is 0.433 e. The zero-order chi connectivity index (χ0) is 28.8. The minimum atomic E-state index is -4.59. The number of aryl methyl sites for hydroxylation is 2. The lowest BCUT2D eigenvalue weighted by Gasteiger charge is -2.15. The maximum absolute atomic E-state index is 13.2. The molecule has 0 fully saturated rings. The third kappa shape index (κ3) is 4.97. The summed E-state index contributed by atoms with van der Waals surface area (Å²) in [6, 6.07) is 1.87. The van der Waals surface area contributed by atoms with Gasteiger partial charge in [-0.15, -0.1) is 0 Å². The van der Waals surface area contributed by atoms with Crippen molar-refractivity contribution in [3.63, 3.8) is 0 Å². The number of hydrogen-bond donors (Lipinski definition) is 2. The van der Waals surface area contributed by atoms with Gasteiger partial charge in [-0.3, -0.25) is 29.1 Å². The SMILES string of the molecule is Cc1cc(Cn2c(=O)[nH]c3ncn([C@@H](C)C(=O)Nc4cncc(-c5cnc(C(F)(F)F)c(C)c5)n4)c3c2=O)no1. The van der Waals surface area contributed by atoms with Gasteiger partial charge in [-0.1, -0.05) is 5.16 Å². The molecule has 5 rings (SSSR count). The second kappa shape index (κ2) is 9.87. The summed E-state index contributed by atoms with van der Waals surface area (Å²) < 4.78 is 46.4. The molecule has 0 spiro atoms. The highest BCUT2D eigenvalue weighted by Crippen LogP contribution is 2.31. The fourth-order valence-electron chi connectivity index (χ4n) is 4.08. The molecule has 5 aromatic heterocycles. The van der Waals surface area contributed by atoms with Crippen LogP contribution in [0, 0.1) is 13.8 Å². The van der Waals surface area contributed by atoms with Gasteiger partial charge in [-0.05, 0) is 32.4 Å². The Hall–Kier alpha value is -5.15. The van der Waals surface area contributed by atoms with Crippen LogP contribution in [0.1, 0.15) is 35.7 Å². The minimum Gasteiger partial charge on any atom is -0.361 e. The van der Waals surface area contributed by atoms with Crippen LogP contribution in [0.3, 0.4) is 0 Å². The monoisotopic (exact) mass is 555 g/mol. The Kier molecular flexibility index (Phi) is 6.53. The fourth-order valence-corrected chi connectivity index (χ4v) is 4.08. The lowest BCUT2D eigenvalue weighted by atomic mass is 10.1. The molecule has 0 aromatic carbocycles. The van der Waals surface area contributed by atoms with Crippen LogP contribution in [0.2, 0.25) is 0 Å². The second-order valence-electron chi connectivity index (χ2n) is 8.94. The van der Waals surface area contributed by atoms with Gasteiger partial charge in [0.25, 0.3) is 5.56 Å². The molecule has 0 saturated heterocycles. The third-order valence-corrected chi connectivity index (χ3v) is 6.03. The molecule has 0 aliphatic heterocycles. The summed E-state index contributed by atoms with van der Waals surface area (Å²) in [7, 11) is 0. The Labute approximate surface area is 221 Å². The molecule has 0 bridgehead atoms. The molecule has 13 nitrogen and oxygen atoms in total. The second-order valence-corrected chi connectivity index (χ2v) is 8.94. The lowest BCUT2D eigenvalue weighted by molar-refractivity contribution is -0.141. The number of amides is 1. The summed E-state index contributed by atoms with van der Waals surface area (Å²) in [5.41, 5.74) is -1.71. The number of pyridine rings is 1. The Morgan fingerprint density at radius 3 is 2.60 bits per heavy atom. The van der Waals surface area contributed by atoms with Gasteiger partial charge >= 0.3 is 11.9 Å². The first kappa shape index (κ1) is 26.5. The molecule has 5 heterocycles. The highest BCUT2D eigenvalue weighted by atomic mass is 19.4. The molecule has 40 heavy (non-hydrogen) atoms. The van der Waals surface area contributed by atoms with Gasteiger partial charge in [0.15, 0.2) is 17.0 Å². The van der Waals surface area contributed by atoms with Crippen molar-refractivity contribution >= 4 is 22.9 Å². The highest BCUT2D eigenvalue weighted by Gasteiger charge is 2.34. The third-order valence-electron chi connectivity index (χ3n) is 6.03. The first-order chi connectivity index (χ1) is 18.9. The van der Waals surface area contributed by atoms with Gasteiger partial charge in [0.1, 0.15) is 23.2 Å². The molecule has 0 saturated carbocycles. The molecule has 1 atom stereocenters. The van der Waals surface area contributed by atoms with Crippen molar-refractivity contribution < 1.29 is 22.5 Å². The number of hydrogen-bond acceptors (Lipinski definition) is 9. The zero-order valence-electron chi connectivity index (χ0n) is 21.1. The molecule has 0 aliphatic carbocycles. The van der Waals surface area contributed by atoms with E-state index in [0.717, 1.165) is 10.8 Å². The smallest absolute Gasteiger partial charge is 0.361 e. The number of carbonyl (C=O) groups excluding carboxylic acids is 1. The van der Waals surface area contributed by atoms with Gasteiger partial charge in [0.2, 0.25) is 5.91 Å². The number of halogens is 3. The average molecular weight is 555 g/mol. The summed E-state index contributed by atoms with van der Waals surface area (Å²) in [5.74, 6) is -0.0759. The van der Waals surface area contributed by atoms with E-state index >= 15 is 0 Å². The summed E-state index contributed by atoms with van der Waals surface area (Å²) in [5, 5.41) is 6.38. The Balaban J connectivity index is 1.41. The molecular weight excluding hydrogens is 535 g/mol. The van der Waals surface area contributed by atoms with E-state index in [4.69, 9.17) is 4.52 Å². The quantitative estimate of drug-likeness (QED) is 0.320. The topological polar surface area (TPSA) is 166 Å². The Morgan fingerprint density at radius 1 is 1.15 bits per heavy atom. The number of alkyl halides is 3. The number of rotatable bonds is 6. The van der Waals surface area contributed by atoms with E-state index < -0.39 is 35.1 Å². The van der Waals surface area contributed by atoms with E-state index in [9.17, 15) is 27.6 Å². The zero-order valence-corrected chi connectivity index (χ0v) is 21.1. The van der Waals surface area contributed by atoms with Crippen LogP contribution < -0.4 is 16.6 Å². The molecule has 0 unspecified atom stereocenters. The normalized spacial score (nSPS) is 12.6. The van der Waals surface area contributed by atoms with Crippen LogP contribution in [0.5, 0.6) is 0 Å². The number of imidazole rings is 1. The van der Waals surface area contributed by atoms with Crippen LogP contribution in [-0.2, 0) is 17.5 Å². The average Bonchev–Trinajstić information content (AvgIpc) is 3.51. The summed E-state index contributed by atoms with van der Waals surface area (Å²) in [6.07, 6.45) is 0.257. The first-order valence-electron chi connectivity index (χ1n) is 11.7. The van der Waals surface area contributed by atoms with Crippen molar-refractivity contribution in [3.8, 4) is 11.3 Å². The van der Waals surface area contributed by atoms with E-state index in [0.29, 0.717) is 11.5 Å². The molecule has 16 heteroatoms.